The summed E-state index contributed by atoms with van der Waals surface area (Å²) < 4.78 is 32.1. The number of amides is 2. The second-order valence-corrected chi connectivity index (χ2v) is 7.00. The lowest BCUT2D eigenvalue weighted by molar-refractivity contribution is -0.136. The molecule has 1 aliphatic rings. The van der Waals surface area contributed by atoms with Gasteiger partial charge >= 0.3 is 12.0 Å². The van der Waals surface area contributed by atoms with Crippen LogP contribution < -0.4 is 20.1 Å². The highest BCUT2D eigenvalue weighted by Crippen LogP contribution is 2.29. The average Bonchev–Trinajstić information content (AvgIpc) is 3.30. The number of carbonyl (C=O) groups excluding carboxylic acids is 1. The highest BCUT2D eigenvalue weighted by molar-refractivity contribution is 7.89. The number of ether oxygens (including phenoxy) is 1. The molecular weight excluding hydrogens is 338 g/mol. The lowest BCUT2D eigenvalue weighted by Gasteiger charge is -2.13. The third-order valence-corrected chi connectivity index (χ3v) is 4.77. The van der Waals surface area contributed by atoms with Gasteiger partial charge < -0.3 is 20.5 Å². The second kappa shape index (κ2) is 7.49. The molecule has 0 unspecified atom stereocenters. The summed E-state index contributed by atoms with van der Waals surface area (Å²) in [6.45, 7) is -0.0509. The fraction of sp³-hybridized carbons (Fsp3) is 0.429. The van der Waals surface area contributed by atoms with E-state index in [9.17, 15) is 18.0 Å². The van der Waals surface area contributed by atoms with Crippen LogP contribution in [0.25, 0.3) is 0 Å². The van der Waals surface area contributed by atoms with Crippen LogP contribution in [0.2, 0.25) is 0 Å². The molecule has 9 nitrogen and oxygen atoms in total. The Labute approximate surface area is 139 Å². The van der Waals surface area contributed by atoms with E-state index in [-0.39, 0.29) is 35.3 Å². The van der Waals surface area contributed by atoms with Crippen LogP contribution in [0.1, 0.15) is 19.3 Å². The molecule has 0 aromatic heterocycles. The number of carbonyl (C=O) groups is 2. The van der Waals surface area contributed by atoms with Gasteiger partial charge in [-0.15, -0.1) is 0 Å². The van der Waals surface area contributed by atoms with Gasteiger partial charge in [-0.25, -0.2) is 17.9 Å². The van der Waals surface area contributed by atoms with Gasteiger partial charge in [-0.05, 0) is 31.0 Å². The van der Waals surface area contributed by atoms with E-state index >= 15 is 0 Å². The predicted octanol–water partition coefficient (Wildman–Crippen LogP) is 0.732. The van der Waals surface area contributed by atoms with Crippen molar-refractivity contribution in [3.63, 3.8) is 0 Å². The predicted molar refractivity (Wildman–Crippen MR) is 85.6 cm³/mol. The smallest absolute Gasteiger partial charge is 0.319 e. The van der Waals surface area contributed by atoms with E-state index in [0.29, 0.717) is 0 Å². The molecule has 2 rings (SSSR count). The minimum Gasteiger partial charge on any atom is -0.495 e. The first-order chi connectivity index (χ1) is 11.3. The number of nitrogens with one attached hydrogen (secondary N) is 3. The van der Waals surface area contributed by atoms with Crippen LogP contribution in [0, 0.1) is 0 Å². The highest BCUT2D eigenvalue weighted by Gasteiger charge is 2.28. The van der Waals surface area contributed by atoms with Crippen molar-refractivity contribution in [2.45, 2.75) is 30.2 Å². The van der Waals surface area contributed by atoms with Crippen molar-refractivity contribution in [1.29, 1.82) is 0 Å². The van der Waals surface area contributed by atoms with Crippen molar-refractivity contribution in [1.82, 2.24) is 10.0 Å². The quantitative estimate of drug-likeness (QED) is 0.542. The molecule has 1 fully saturated rings. The molecule has 2 amide bonds. The van der Waals surface area contributed by atoms with Crippen molar-refractivity contribution in [3.8, 4) is 5.75 Å². The molecule has 0 spiro atoms. The molecule has 4 N–H and O–H groups in total. The molecule has 0 radical (unpaired) electrons. The molecule has 1 aromatic carbocycles. The first kappa shape index (κ1) is 18.0. The summed E-state index contributed by atoms with van der Waals surface area (Å²) in [6, 6.07) is 3.43. The number of hydrogen-bond acceptors (Lipinski definition) is 5. The molecule has 24 heavy (non-hydrogen) atoms. The first-order valence-electron chi connectivity index (χ1n) is 7.29. The Hall–Kier alpha value is -2.33. The molecule has 1 aromatic rings. The summed E-state index contributed by atoms with van der Waals surface area (Å²) in [5.41, 5.74) is 0.170. The molecule has 132 valence electrons. The van der Waals surface area contributed by atoms with E-state index in [1.807, 2.05) is 0 Å². The van der Waals surface area contributed by atoms with E-state index < -0.39 is 22.0 Å². The lowest BCUT2D eigenvalue weighted by Crippen LogP contribution is -2.31. The van der Waals surface area contributed by atoms with Gasteiger partial charge in [0.2, 0.25) is 10.0 Å². The lowest BCUT2D eigenvalue weighted by atomic mass is 10.3. The van der Waals surface area contributed by atoms with E-state index in [4.69, 9.17) is 9.84 Å². The number of hydrogen-bond donors (Lipinski definition) is 4. The molecular formula is C14H19N3O6S. The van der Waals surface area contributed by atoms with Crippen LogP contribution in [-0.2, 0) is 14.8 Å². The van der Waals surface area contributed by atoms with Crippen molar-refractivity contribution in [2.75, 3.05) is 19.0 Å². The Morgan fingerprint density at radius 2 is 2.04 bits per heavy atom. The maximum Gasteiger partial charge on any atom is 0.319 e. The third-order valence-electron chi connectivity index (χ3n) is 3.25. The zero-order valence-corrected chi connectivity index (χ0v) is 13.9. The Bertz CT molecular complexity index is 730. The summed E-state index contributed by atoms with van der Waals surface area (Å²) in [5, 5.41) is 13.4. The van der Waals surface area contributed by atoms with Gasteiger partial charge in [-0.3, -0.25) is 4.79 Å². The van der Waals surface area contributed by atoms with E-state index in [1.165, 1.54) is 25.3 Å². The Morgan fingerprint density at radius 3 is 2.62 bits per heavy atom. The summed E-state index contributed by atoms with van der Waals surface area (Å²) in [6.07, 6.45) is 1.41. The fourth-order valence-electron chi connectivity index (χ4n) is 1.89. The van der Waals surface area contributed by atoms with Crippen LogP contribution in [0.3, 0.4) is 0 Å². The van der Waals surface area contributed by atoms with Crippen LogP contribution >= 0.6 is 0 Å². The molecule has 10 heteroatoms. The topological polar surface area (TPSA) is 134 Å². The number of methoxy groups -OCH3 is 1. The molecule has 0 atom stereocenters. The molecule has 0 bridgehead atoms. The molecule has 0 aliphatic heterocycles. The third kappa shape index (κ3) is 5.10. The van der Waals surface area contributed by atoms with Crippen LogP contribution in [0.4, 0.5) is 10.5 Å². The summed E-state index contributed by atoms with van der Waals surface area (Å²) in [7, 11) is -2.28. The van der Waals surface area contributed by atoms with Crippen LogP contribution in [-0.4, -0.2) is 45.2 Å². The standard InChI is InChI=1S/C14H19N3O6S/c1-23-12-5-4-10(24(21,22)17-9-2-3-9)8-11(12)16-14(20)15-7-6-13(18)19/h4-5,8-9,17H,2-3,6-7H2,1H3,(H,18,19)(H2,15,16,20). The van der Waals surface area contributed by atoms with Gasteiger partial charge in [0.1, 0.15) is 5.75 Å². The monoisotopic (exact) mass is 357 g/mol. The number of carboxylic acid groups (broad SMARTS) is 1. The number of rotatable bonds is 8. The zero-order valence-electron chi connectivity index (χ0n) is 13.0. The summed E-state index contributed by atoms with van der Waals surface area (Å²) in [5.74, 6) is -0.749. The van der Waals surface area contributed by atoms with Gasteiger partial charge in [0.05, 0.1) is 24.1 Å². The number of aliphatic carboxylic acids is 1. The number of urea groups is 1. The largest absolute Gasteiger partial charge is 0.495 e. The minimum absolute atomic E-state index is 0.0102. The van der Waals surface area contributed by atoms with Gasteiger partial charge in [0, 0.05) is 12.6 Å². The van der Waals surface area contributed by atoms with Gasteiger partial charge in [0.15, 0.2) is 0 Å². The van der Waals surface area contributed by atoms with Gasteiger partial charge in [0.25, 0.3) is 0 Å². The highest BCUT2D eigenvalue weighted by atomic mass is 32.2. The van der Waals surface area contributed by atoms with E-state index in [2.05, 4.69) is 15.4 Å². The molecule has 1 aliphatic carbocycles. The summed E-state index contributed by atoms with van der Waals surface area (Å²) >= 11 is 0. The van der Waals surface area contributed by atoms with E-state index in [1.54, 1.807) is 0 Å². The maximum atomic E-state index is 12.2. The van der Waals surface area contributed by atoms with Crippen molar-refractivity contribution >= 4 is 27.7 Å². The Balaban J connectivity index is 2.10. The fourth-order valence-corrected chi connectivity index (χ4v) is 3.22. The number of carboxylic acids is 1. The normalized spacial score (nSPS) is 14.0. The molecule has 0 saturated heterocycles. The zero-order chi connectivity index (χ0) is 17.7. The number of sulfonamides is 1. The van der Waals surface area contributed by atoms with Crippen molar-refractivity contribution in [2.24, 2.45) is 0 Å². The van der Waals surface area contributed by atoms with Gasteiger partial charge in [-0.2, -0.15) is 0 Å². The first-order valence-corrected chi connectivity index (χ1v) is 8.77. The van der Waals surface area contributed by atoms with Crippen LogP contribution in [0.15, 0.2) is 23.1 Å². The maximum absolute atomic E-state index is 12.2. The number of anilines is 1. The second-order valence-electron chi connectivity index (χ2n) is 5.28. The van der Waals surface area contributed by atoms with Crippen molar-refractivity contribution in [3.05, 3.63) is 18.2 Å². The molecule has 1 saturated carbocycles. The Kier molecular flexibility index (Phi) is 5.62. The SMILES string of the molecule is COc1ccc(S(=O)(=O)NC2CC2)cc1NC(=O)NCCC(=O)O. The van der Waals surface area contributed by atoms with Gasteiger partial charge in [-0.1, -0.05) is 0 Å². The summed E-state index contributed by atoms with van der Waals surface area (Å²) in [4.78, 5) is 22.2. The molecule has 0 heterocycles. The Morgan fingerprint density at radius 1 is 1.33 bits per heavy atom. The van der Waals surface area contributed by atoms with Crippen LogP contribution in [0.5, 0.6) is 5.75 Å². The van der Waals surface area contributed by atoms with E-state index in [0.717, 1.165) is 12.8 Å². The number of benzene rings is 1. The van der Waals surface area contributed by atoms with Crippen molar-refractivity contribution < 1.29 is 27.9 Å². The average molecular weight is 357 g/mol. The minimum atomic E-state index is -3.66.